The molecular formula is C16H18ClN3O3. The summed E-state index contributed by atoms with van der Waals surface area (Å²) >= 11 is 6.02. The van der Waals surface area contributed by atoms with Gasteiger partial charge in [0.1, 0.15) is 5.69 Å². The third kappa shape index (κ3) is 3.18. The standard InChI is InChI=1S/C16H18ClN3O3/c1-19-4-6-20(7-5-19)14(21)9-12-11-8-10(17)2-3-13(11)18-15(12)16(22)23/h2-3,8,18H,4-7,9H2,1H3,(H,22,23). The molecule has 0 radical (unpaired) electrons. The number of fused-ring (bicyclic) bond motifs is 1. The smallest absolute Gasteiger partial charge is 0.352 e. The lowest BCUT2D eigenvalue weighted by Gasteiger charge is -2.32. The number of amides is 1. The summed E-state index contributed by atoms with van der Waals surface area (Å²) in [5, 5.41) is 10.6. The molecule has 1 saturated heterocycles. The molecule has 23 heavy (non-hydrogen) atoms. The van der Waals surface area contributed by atoms with E-state index < -0.39 is 5.97 Å². The summed E-state index contributed by atoms with van der Waals surface area (Å²) in [5.74, 6) is -1.13. The van der Waals surface area contributed by atoms with Gasteiger partial charge in [-0.25, -0.2) is 4.79 Å². The van der Waals surface area contributed by atoms with Crippen LogP contribution in [0.25, 0.3) is 10.9 Å². The molecule has 1 aliphatic rings. The van der Waals surface area contributed by atoms with Crippen LogP contribution in [0.4, 0.5) is 0 Å². The number of piperazine rings is 1. The molecule has 0 spiro atoms. The molecule has 7 heteroatoms. The van der Waals surface area contributed by atoms with E-state index in [0.717, 1.165) is 13.1 Å². The van der Waals surface area contributed by atoms with Crippen LogP contribution in [-0.4, -0.2) is 65.0 Å². The fourth-order valence-electron chi connectivity index (χ4n) is 2.90. The van der Waals surface area contributed by atoms with E-state index in [4.69, 9.17) is 11.6 Å². The van der Waals surface area contributed by atoms with Gasteiger partial charge in [-0.2, -0.15) is 0 Å². The first-order chi connectivity index (χ1) is 11.0. The summed E-state index contributed by atoms with van der Waals surface area (Å²) in [7, 11) is 2.02. The lowest BCUT2D eigenvalue weighted by molar-refractivity contribution is -0.132. The molecule has 0 bridgehead atoms. The Labute approximate surface area is 138 Å². The number of likely N-dealkylation sites (N-methyl/N-ethyl adjacent to an activating group) is 1. The molecule has 0 aliphatic carbocycles. The lowest BCUT2D eigenvalue weighted by atomic mass is 10.1. The topological polar surface area (TPSA) is 76.6 Å². The lowest BCUT2D eigenvalue weighted by Crippen LogP contribution is -2.47. The highest BCUT2D eigenvalue weighted by atomic mass is 35.5. The van der Waals surface area contributed by atoms with Gasteiger partial charge in [-0.1, -0.05) is 11.6 Å². The molecule has 2 heterocycles. The molecule has 1 aliphatic heterocycles. The second-order valence-electron chi connectivity index (χ2n) is 5.83. The van der Waals surface area contributed by atoms with E-state index >= 15 is 0 Å². The molecular weight excluding hydrogens is 318 g/mol. The number of carbonyl (C=O) groups is 2. The molecule has 2 aromatic rings. The molecule has 122 valence electrons. The zero-order chi connectivity index (χ0) is 16.6. The number of carboxylic acid groups (broad SMARTS) is 1. The predicted octanol–water partition coefficient (Wildman–Crippen LogP) is 1.84. The van der Waals surface area contributed by atoms with Crippen molar-refractivity contribution >= 4 is 34.4 Å². The highest BCUT2D eigenvalue weighted by Crippen LogP contribution is 2.26. The van der Waals surface area contributed by atoms with E-state index in [0.29, 0.717) is 34.6 Å². The molecule has 3 rings (SSSR count). The Kier molecular flexibility index (Phi) is 4.28. The Morgan fingerprint density at radius 1 is 1.26 bits per heavy atom. The van der Waals surface area contributed by atoms with E-state index in [2.05, 4.69) is 9.88 Å². The van der Waals surface area contributed by atoms with Crippen molar-refractivity contribution < 1.29 is 14.7 Å². The second-order valence-corrected chi connectivity index (χ2v) is 6.27. The molecule has 1 amide bonds. The van der Waals surface area contributed by atoms with Gasteiger partial charge in [0.15, 0.2) is 0 Å². The van der Waals surface area contributed by atoms with Crippen LogP contribution in [0, 0.1) is 0 Å². The fourth-order valence-corrected chi connectivity index (χ4v) is 3.08. The van der Waals surface area contributed by atoms with Gasteiger partial charge in [0, 0.05) is 47.7 Å². The molecule has 1 aromatic carbocycles. The second kappa shape index (κ2) is 6.22. The predicted molar refractivity (Wildman–Crippen MR) is 88.0 cm³/mol. The van der Waals surface area contributed by atoms with Crippen LogP contribution in [0.3, 0.4) is 0 Å². The number of aromatic nitrogens is 1. The van der Waals surface area contributed by atoms with Gasteiger partial charge >= 0.3 is 5.97 Å². The average molecular weight is 336 g/mol. The molecule has 0 saturated carbocycles. The van der Waals surface area contributed by atoms with Gasteiger partial charge in [0.2, 0.25) is 5.91 Å². The Morgan fingerprint density at radius 2 is 1.96 bits per heavy atom. The van der Waals surface area contributed by atoms with Crippen molar-refractivity contribution in [3.05, 3.63) is 34.5 Å². The van der Waals surface area contributed by atoms with Crippen molar-refractivity contribution in [3.63, 3.8) is 0 Å². The number of rotatable bonds is 3. The average Bonchev–Trinajstić information content (AvgIpc) is 2.86. The molecule has 6 nitrogen and oxygen atoms in total. The van der Waals surface area contributed by atoms with Crippen LogP contribution >= 0.6 is 11.6 Å². The van der Waals surface area contributed by atoms with Gasteiger partial charge in [0.25, 0.3) is 0 Å². The molecule has 1 aromatic heterocycles. The SMILES string of the molecule is CN1CCN(C(=O)Cc2c(C(=O)O)[nH]c3ccc(Cl)cc23)CC1. The van der Waals surface area contributed by atoms with Crippen LogP contribution in [0.1, 0.15) is 16.1 Å². The summed E-state index contributed by atoms with van der Waals surface area (Å²) in [4.78, 5) is 30.8. The number of aromatic amines is 1. The van der Waals surface area contributed by atoms with Crippen molar-refractivity contribution in [3.8, 4) is 0 Å². The number of hydrogen-bond donors (Lipinski definition) is 2. The minimum atomic E-state index is -1.07. The summed E-state index contributed by atoms with van der Waals surface area (Å²) < 4.78 is 0. The summed E-state index contributed by atoms with van der Waals surface area (Å²) in [6, 6.07) is 5.12. The van der Waals surface area contributed by atoms with Crippen LogP contribution in [0.15, 0.2) is 18.2 Å². The summed E-state index contributed by atoms with van der Waals surface area (Å²) in [6.45, 7) is 3.00. The zero-order valence-electron chi connectivity index (χ0n) is 12.8. The first-order valence-electron chi connectivity index (χ1n) is 7.45. The highest BCUT2D eigenvalue weighted by Gasteiger charge is 2.24. The maximum absolute atomic E-state index is 12.5. The van der Waals surface area contributed by atoms with Crippen LogP contribution in [0.5, 0.6) is 0 Å². The maximum Gasteiger partial charge on any atom is 0.352 e. The number of carbonyl (C=O) groups excluding carboxylic acids is 1. The Hall–Kier alpha value is -2.05. The molecule has 2 N–H and O–H groups in total. The normalized spacial score (nSPS) is 16.0. The van der Waals surface area contributed by atoms with Crippen LogP contribution < -0.4 is 0 Å². The number of hydrogen-bond acceptors (Lipinski definition) is 3. The van der Waals surface area contributed by atoms with Gasteiger partial charge in [0.05, 0.1) is 6.42 Å². The van der Waals surface area contributed by atoms with Crippen molar-refractivity contribution in [2.75, 3.05) is 33.2 Å². The van der Waals surface area contributed by atoms with Gasteiger partial charge in [-0.05, 0) is 25.2 Å². The number of nitrogens with one attached hydrogen (secondary N) is 1. The van der Waals surface area contributed by atoms with Gasteiger partial charge in [-0.15, -0.1) is 0 Å². The van der Waals surface area contributed by atoms with Crippen LogP contribution in [-0.2, 0) is 11.2 Å². The third-order valence-corrected chi connectivity index (χ3v) is 4.50. The van der Waals surface area contributed by atoms with Crippen molar-refractivity contribution in [1.29, 1.82) is 0 Å². The summed E-state index contributed by atoms with van der Waals surface area (Å²) in [6.07, 6.45) is 0.0612. The van der Waals surface area contributed by atoms with Crippen LogP contribution in [0.2, 0.25) is 5.02 Å². The minimum absolute atomic E-state index is 0.0542. The molecule has 0 unspecified atom stereocenters. The Bertz CT molecular complexity index is 763. The maximum atomic E-state index is 12.5. The fraction of sp³-hybridized carbons (Fsp3) is 0.375. The van der Waals surface area contributed by atoms with E-state index in [1.807, 2.05) is 7.05 Å². The number of H-pyrrole nitrogens is 1. The van der Waals surface area contributed by atoms with Crippen molar-refractivity contribution in [2.24, 2.45) is 0 Å². The molecule has 0 atom stereocenters. The number of aromatic carboxylic acids is 1. The quantitative estimate of drug-likeness (QED) is 0.897. The number of carboxylic acids is 1. The number of benzene rings is 1. The first-order valence-corrected chi connectivity index (χ1v) is 7.83. The highest BCUT2D eigenvalue weighted by molar-refractivity contribution is 6.31. The summed E-state index contributed by atoms with van der Waals surface area (Å²) in [5.41, 5.74) is 1.23. The minimum Gasteiger partial charge on any atom is -0.477 e. The number of halogens is 1. The van der Waals surface area contributed by atoms with E-state index in [1.54, 1.807) is 23.1 Å². The van der Waals surface area contributed by atoms with Gasteiger partial charge in [-0.3, -0.25) is 4.79 Å². The first kappa shape index (κ1) is 15.8. The number of nitrogens with zero attached hydrogens (tertiary/aromatic N) is 2. The third-order valence-electron chi connectivity index (χ3n) is 4.27. The van der Waals surface area contributed by atoms with E-state index in [9.17, 15) is 14.7 Å². The Morgan fingerprint density at radius 3 is 2.61 bits per heavy atom. The van der Waals surface area contributed by atoms with Crippen molar-refractivity contribution in [1.82, 2.24) is 14.8 Å². The van der Waals surface area contributed by atoms with E-state index in [-0.39, 0.29) is 18.0 Å². The van der Waals surface area contributed by atoms with Gasteiger partial charge < -0.3 is 19.9 Å². The van der Waals surface area contributed by atoms with E-state index in [1.165, 1.54) is 0 Å². The monoisotopic (exact) mass is 335 g/mol. The zero-order valence-corrected chi connectivity index (χ0v) is 13.6. The largest absolute Gasteiger partial charge is 0.477 e. The Balaban J connectivity index is 1.92. The van der Waals surface area contributed by atoms with Crippen molar-refractivity contribution in [2.45, 2.75) is 6.42 Å². The molecule has 1 fully saturated rings.